The highest BCUT2D eigenvalue weighted by Crippen LogP contribution is 2.32. The monoisotopic (exact) mass is 408 g/mol. The number of imidazole rings is 1. The van der Waals surface area contributed by atoms with Crippen LogP contribution in [0.25, 0.3) is 11.0 Å². The summed E-state index contributed by atoms with van der Waals surface area (Å²) in [4.78, 5) is 32.2. The van der Waals surface area contributed by atoms with Crippen LogP contribution >= 0.6 is 0 Å². The minimum atomic E-state index is -0.334. The van der Waals surface area contributed by atoms with E-state index in [9.17, 15) is 4.79 Å². The van der Waals surface area contributed by atoms with Crippen molar-refractivity contribution < 1.29 is 4.79 Å². The minimum absolute atomic E-state index is 0.0978. The summed E-state index contributed by atoms with van der Waals surface area (Å²) >= 11 is 0. The molecule has 0 spiro atoms. The van der Waals surface area contributed by atoms with Crippen molar-refractivity contribution >= 4 is 34.5 Å². The lowest BCUT2D eigenvalue weighted by atomic mass is 9.79. The molecule has 0 aromatic carbocycles. The summed E-state index contributed by atoms with van der Waals surface area (Å²) in [5.41, 5.74) is 1.56. The molecule has 0 aliphatic carbocycles. The normalized spacial score (nSPS) is 16.1. The van der Waals surface area contributed by atoms with Gasteiger partial charge in [0.1, 0.15) is 17.2 Å². The molecule has 3 aromatic heterocycles. The van der Waals surface area contributed by atoms with E-state index >= 15 is 0 Å². The number of anilines is 3. The molecule has 0 unspecified atom stereocenters. The van der Waals surface area contributed by atoms with E-state index in [0.717, 1.165) is 37.0 Å². The zero-order valence-electron chi connectivity index (χ0n) is 17.9. The summed E-state index contributed by atoms with van der Waals surface area (Å²) in [7, 11) is 1.69. The Labute approximate surface area is 175 Å². The Morgan fingerprint density at radius 1 is 1.17 bits per heavy atom. The Hall–Kier alpha value is -3.23. The van der Waals surface area contributed by atoms with Gasteiger partial charge in [0.25, 0.3) is 0 Å². The van der Waals surface area contributed by atoms with Crippen molar-refractivity contribution in [1.82, 2.24) is 29.8 Å². The fourth-order valence-corrected chi connectivity index (χ4v) is 3.84. The first-order valence-corrected chi connectivity index (χ1v) is 10.3. The van der Waals surface area contributed by atoms with Gasteiger partial charge in [-0.25, -0.2) is 15.0 Å². The molecule has 30 heavy (non-hydrogen) atoms. The van der Waals surface area contributed by atoms with Crippen LogP contribution in [0.1, 0.15) is 39.7 Å². The van der Waals surface area contributed by atoms with E-state index in [0.29, 0.717) is 23.6 Å². The molecule has 9 nitrogen and oxygen atoms in total. The van der Waals surface area contributed by atoms with Gasteiger partial charge in [-0.2, -0.15) is 4.98 Å². The fourth-order valence-electron chi connectivity index (χ4n) is 3.84. The van der Waals surface area contributed by atoms with Gasteiger partial charge in [0, 0.05) is 43.9 Å². The number of pyridine rings is 1. The Balaban J connectivity index is 1.50. The molecule has 0 saturated carbocycles. The molecule has 3 aromatic rings. The van der Waals surface area contributed by atoms with Gasteiger partial charge < -0.3 is 20.1 Å². The van der Waals surface area contributed by atoms with Crippen LogP contribution in [0.15, 0.2) is 30.9 Å². The first-order chi connectivity index (χ1) is 14.4. The van der Waals surface area contributed by atoms with Gasteiger partial charge in [-0.3, -0.25) is 4.79 Å². The SMILES string of the molecule is CNC(=O)C1(C)CCN(c2nccc(Nc3cc4c(cn3)ncn4C(C)C)n2)CC1. The maximum Gasteiger partial charge on any atom is 0.227 e. The second kappa shape index (κ2) is 7.89. The summed E-state index contributed by atoms with van der Waals surface area (Å²) < 4.78 is 2.12. The maximum absolute atomic E-state index is 12.1. The zero-order valence-corrected chi connectivity index (χ0v) is 17.9. The lowest BCUT2D eigenvalue weighted by molar-refractivity contribution is -0.130. The molecule has 0 atom stereocenters. The molecule has 0 bridgehead atoms. The second-order valence-electron chi connectivity index (χ2n) is 8.30. The number of amides is 1. The van der Waals surface area contributed by atoms with E-state index in [1.807, 2.05) is 25.4 Å². The van der Waals surface area contributed by atoms with Gasteiger partial charge in [0.05, 0.1) is 18.0 Å². The Morgan fingerprint density at radius 2 is 1.93 bits per heavy atom. The average molecular weight is 409 g/mol. The minimum Gasteiger partial charge on any atom is -0.359 e. The number of fused-ring (bicyclic) bond motifs is 1. The smallest absolute Gasteiger partial charge is 0.227 e. The van der Waals surface area contributed by atoms with Gasteiger partial charge in [0.15, 0.2) is 0 Å². The molecule has 0 radical (unpaired) electrons. The Bertz CT molecular complexity index is 1050. The third kappa shape index (κ3) is 3.79. The molecule has 9 heteroatoms. The average Bonchev–Trinajstić information content (AvgIpc) is 3.17. The van der Waals surface area contributed by atoms with Crippen LogP contribution in [0.2, 0.25) is 0 Å². The predicted octanol–water partition coefficient (Wildman–Crippen LogP) is 2.90. The van der Waals surface area contributed by atoms with Gasteiger partial charge in [-0.1, -0.05) is 6.92 Å². The van der Waals surface area contributed by atoms with Crippen molar-refractivity contribution in [3.8, 4) is 0 Å². The summed E-state index contributed by atoms with van der Waals surface area (Å²) in [6.45, 7) is 7.75. The largest absolute Gasteiger partial charge is 0.359 e. The van der Waals surface area contributed by atoms with Crippen LogP contribution in [0.4, 0.5) is 17.6 Å². The first-order valence-electron chi connectivity index (χ1n) is 10.3. The molecule has 1 amide bonds. The third-order valence-corrected chi connectivity index (χ3v) is 5.84. The number of rotatable bonds is 5. The first kappa shape index (κ1) is 20.1. The van der Waals surface area contributed by atoms with Crippen LogP contribution in [0, 0.1) is 5.41 Å². The quantitative estimate of drug-likeness (QED) is 0.669. The highest BCUT2D eigenvalue weighted by molar-refractivity contribution is 5.82. The number of carbonyl (C=O) groups is 1. The molecule has 1 fully saturated rings. The van der Waals surface area contributed by atoms with Crippen LogP contribution in [-0.4, -0.2) is 50.5 Å². The van der Waals surface area contributed by atoms with E-state index in [2.05, 4.69) is 53.9 Å². The van der Waals surface area contributed by atoms with Crippen molar-refractivity contribution in [3.05, 3.63) is 30.9 Å². The van der Waals surface area contributed by atoms with E-state index in [1.54, 1.807) is 19.4 Å². The van der Waals surface area contributed by atoms with E-state index in [4.69, 9.17) is 0 Å². The highest BCUT2D eigenvalue weighted by atomic mass is 16.2. The van der Waals surface area contributed by atoms with Gasteiger partial charge in [-0.15, -0.1) is 0 Å². The molecule has 158 valence electrons. The fraction of sp³-hybridized carbons (Fsp3) is 0.476. The van der Waals surface area contributed by atoms with Gasteiger partial charge in [0.2, 0.25) is 11.9 Å². The van der Waals surface area contributed by atoms with Crippen LogP contribution in [0.5, 0.6) is 0 Å². The molecule has 1 aliphatic rings. The molecule has 4 heterocycles. The van der Waals surface area contributed by atoms with E-state index in [1.165, 1.54) is 0 Å². The zero-order chi connectivity index (χ0) is 21.3. The summed E-state index contributed by atoms with van der Waals surface area (Å²) in [5.74, 6) is 2.15. The molecule has 1 aliphatic heterocycles. The number of aromatic nitrogens is 5. The van der Waals surface area contributed by atoms with Gasteiger partial charge in [-0.05, 0) is 32.8 Å². The standard InChI is InChI=1S/C21H28N8O/c1-14(2)29-13-25-15-12-24-18(11-16(15)29)26-17-5-8-23-20(27-17)28-9-6-21(3,7-10-28)19(30)22-4/h5,8,11-14H,6-7,9-10H2,1-4H3,(H,22,30)(H,23,24,26,27). The lowest BCUT2D eigenvalue weighted by Gasteiger charge is -2.37. The van der Waals surface area contributed by atoms with Crippen molar-refractivity contribution in [3.63, 3.8) is 0 Å². The second-order valence-corrected chi connectivity index (χ2v) is 8.30. The molecule has 2 N–H and O–H groups in total. The Morgan fingerprint density at radius 3 is 2.63 bits per heavy atom. The van der Waals surface area contributed by atoms with Gasteiger partial charge >= 0.3 is 0 Å². The summed E-state index contributed by atoms with van der Waals surface area (Å²) in [6.07, 6.45) is 6.89. The molecule has 1 saturated heterocycles. The number of nitrogens with zero attached hydrogens (tertiary/aromatic N) is 6. The van der Waals surface area contributed by atoms with E-state index < -0.39 is 0 Å². The Kier molecular flexibility index (Phi) is 5.27. The lowest BCUT2D eigenvalue weighted by Crippen LogP contribution is -2.46. The number of nitrogens with one attached hydrogen (secondary N) is 2. The molecular weight excluding hydrogens is 380 g/mol. The summed E-state index contributed by atoms with van der Waals surface area (Å²) in [5, 5.41) is 6.06. The number of hydrogen-bond acceptors (Lipinski definition) is 7. The number of piperidine rings is 1. The molecular formula is C21H28N8O. The van der Waals surface area contributed by atoms with Crippen LogP contribution in [-0.2, 0) is 4.79 Å². The predicted molar refractivity (Wildman–Crippen MR) is 117 cm³/mol. The van der Waals surface area contributed by atoms with Crippen molar-refractivity contribution in [2.24, 2.45) is 5.41 Å². The van der Waals surface area contributed by atoms with Crippen molar-refractivity contribution in [2.45, 2.75) is 39.7 Å². The van der Waals surface area contributed by atoms with Crippen LogP contribution < -0.4 is 15.5 Å². The number of carbonyl (C=O) groups excluding carboxylic acids is 1. The number of hydrogen-bond donors (Lipinski definition) is 2. The van der Waals surface area contributed by atoms with Crippen LogP contribution in [0.3, 0.4) is 0 Å². The van der Waals surface area contributed by atoms with Crippen molar-refractivity contribution in [2.75, 3.05) is 30.4 Å². The van der Waals surface area contributed by atoms with Crippen molar-refractivity contribution in [1.29, 1.82) is 0 Å². The maximum atomic E-state index is 12.1. The molecule has 4 rings (SSSR count). The topological polar surface area (TPSA) is 101 Å². The third-order valence-electron chi connectivity index (χ3n) is 5.84. The highest BCUT2D eigenvalue weighted by Gasteiger charge is 2.36. The summed E-state index contributed by atoms with van der Waals surface area (Å²) in [6, 6.07) is 4.13. The van der Waals surface area contributed by atoms with E-state index in [-0.39, 0.29) is 11.3 Å².